The summed E-state index contributed by atoms with van der Waals surface area (Å²) >= 11 is 5.75. The third-order valence-electron chi connectivity index (χ3n) is 5.03. The topological polar surface area (TPSA) is 17.1 Å². The number of halogens is 1. The van der Waals surface area contributed by atoms with Crippen molar-refractivity contribution in [3.05, 3.63) is 0 Å². The molecule has 0 aromatic rings. The molecule has 0 amide bonds. The van der Waals surface area contributed by atoms with Gasteiger partial charge in [0.1, 0.15) is 5.78 Å². The van der Waals surface area contributed by atoms with Crippen molar-refractivity contribution in [1.82, 2.24) is 0 Å². The lowest BCUT2D eigenvalue weighted by atomic mass is 9.66. The Morgan fingerprint density at radius 1 is 1.50 bits per heavy atom. The number of hydrogen-bond donors (Lipinski definition) is 0. The van der Waals surface area contributed by atoms with E-state index in [4.69, 9.17) is 11.6 Å². The highest BCUT2D eigenvalue weighted by Crippen LogP contribution is 2.65. The van der Waals surface area contributed by atoms with Crippen LogP contribution < -0.4 is 0 Å². The molecule has 0 heterocycles. The van der Waals surface area contributed by atoms with E-state index in [-0.39, 0.29) is 10.8 Å². The fourth-order valence-electron chi connectivity index (χ4n) is 3.67. The molecule has 2 saturated carbocycles. The van der Waals surface area contributed by atoms with Crippen molar-refractivity contribution < 1.29 is 4.79 Å². The Hall–Kier alpha value is -0.0400. The number of fused-ring (bicyclic) bond motifs is 2. The largest absolute Gasteiger partial charge is 0.299 e. The molecular formula is C12H19ClO. The third kappa shape index (κ3) is 1.11. The van der Waals surface area contributed by atoms with E-state index in [9.17, 15) is 4.79 Å². The molecule has 1 nitrogen and oxygen atoms in total. The molecule has 0 radical (unpaired) electrons. The summed E-state index contributed by atoms with van der Waals surface area (Å²) in [6.45, 7) is 4.48. The molecule has 0 spiro atoms. The number of hydrogen-bond acceptors (Lipinski definition) is 1. The SMILES string of the molecule is CC1(CCCCl)[C@H]2CC[C@]1(C)C(=O)C2. The highest BCUT2D eigenvalue weighted by atomic mass is 35.5. The first-order valence-electron chi connectivity index (χ1n) is 5.64. The molecule has 0 saturated heterocycles. The van der Waals surface area contributed by atoms with E-state index in [1.165, 1.54) is 6.42 Å². The average molecular weight is 215 g/mol. The van der Waals surface area contributed by atoms with Crippen LogP contribution in [-0.2, 0) is 4.79 Å². The lowest BCUT2D eigenvalue weighted by Crippen LogP contribution is -2.35. The van der Waals surface area contributed by atoms with Crippen molar-refractivity contribution >= 4 is 17.4 Å². The van der Waals surface area contributed by atoms with Crippen molar-refractivity contribution in [2.24, 2.45) is 16.7 Å². The van der Waals surface area contributed by atoms with Crippen LogP contribution in [0, 0.1) is 16.7 Å². The maximum absolute atomic E-state index is 11.9. The van der Waals surface area contributed by atoms with Crippen molar-refractivity contribution in [2.45, 2.75) is 46.0 Å². The van der Waals surface area contributed by atoms with Crippen molar-refractivity contribution in [3.63, 3.8) is 0 Å². The first kappa shape index (κ1) is 10.5. The van der Waals surface area contributed by atoms with Crippen molar-refractivity contribution in [1.29, 1.82) is 0 Å². The van der Waals surface area contributed by atoms with Crippen LogP contribution in [0.1, 0.15) is 46.0 Å². The Kier molecular flexibility index (Phi) is 2.42. The molecule has 2 aliphatic rings. The first-order valence-corrected chi connectivity index (χ1v) is 6.17. The molecule has 0 aliphatic heterocycles. The molecule has 2 rings (SSSR count). The number of ketones is 1. The van der Waals surface area contributed by atoms with Gasteiger partial charge in [-0.3, -0.25) is 4.79 Å². The summed E-state index contributed by atoms with van der Waals surface area (Å²) in [6.07, 6.45) is 5.37. The van der Waals surface area contributed by atoms with E-state index in [2.05, 4.69) is 13.8 Å². The van der Waals surface area contributed by atoms with Crippen LogP contribution in [0.4, 0.5) is 0 Å². The standard InChI is InChI=1S/C12H19ClO/c1-11(5-3-7-13)9-4-6-12(11,2)10(14)8-9/h9H,3-8H2,1-2H3/t9-,11?,12+/m0/s1. The van der Waals surface area contributed by atoms with Gasteiger partial charge in [-0.15, -0.1) is 11.6 Å². The molecular weight excluding hydrogens is 196 g/mol. The van der Waals surface area contributed by atoms with Gasteiger partial charge in [0.05, 0.1) is 0 Å². The smallest absolute Gasteiger partial charge is 0.139 e. The van der Waals surface area contributed by atoms with E-state index >= 15 is 0 Å². The zero-order valence-electron chi connectivity index (χ0n) is 9.11. The Morgan fingerprint density at radius 2 is 2.21 bits per heavy atom. The van der Waals surface area contributed by atoms with Gasteiger partial charge in [0.25, 0.3) is 0 Å². The lowest BCUT2D eigenvalue weighted by Gasteiger charge is -2.36. The normalized spacial score (nSPS) is 46.2. The molecule has 2 heteroatoms. The Balaban J connectivity index is 2.23. The van der Waals surface area contributed by atoms with Gasteiger partial charge in [0, 0.05) is 17.7 Å². The van der Waals surface area contributed by atoms with E-state index in [0.717, 1.165) is 31.6 Å². The van der Waals surface area contributed by atoms with Crippen LogP contribution in [0.5, 0.6) is 0 Å². The van der Waals surface area contributed by atoms with Crippen LogP contribution in [0.15, 0.2) is 0 Å². The second-order valence-electron chi connectivity index (χ2n) is 5.41. The quantitative estimate of drug-likeness (QED) is 0.659. The molecule has 0 aromatic heterocycles. The van der Waals surface area contributed by atoms with Gasteiger partial charge in [0.15, 0.2) is 0 Å². The Labute approximate surface area is 91.2 Å². The molecule has 1 unspecified atom stereocenters. The highest BCUT2D eigenvalue weighted by Gasteiger charge is 2.62. The second kappa shape index (κ2) is 3.23. The summed E-state index contributed by atoms with van der Waals surface area (Å²) in [4.78, 5) is 11.9. The Bertz CT molecular complexity index is 263. The van der Waals surface area contributed by atoms with Gasteiger partial charge in [-0.05, 0) is 37.0 Å². The van der Waals surface area contributed by atoms with Gasteiger partial charge in [-0.25, -0.2) is 0 Å². The van der Waals surface area contributed by atoms with Crippen LogP contribution >= 0.6 is 11.6 Å². The van der Waals surface area contributed by atoms with Gasteiger partial charge >= 0.3 is 0 Å². The van der Waals surface area contributed by atoms with Crippen molar-refractivity contribution in [2.75, 3.05) is 5.88 Å². The average Bonchev–Trinajstić information content (AvgIpc) is 2.50. The molecule has 14 heavy (non-hydrogen) atoms. The van der Waals surface area contributed by atoms with Crippen LogP contribution in [0.2, 0.25) is 0 Å². The number of rotatable bonds is 3. The number of alkyl halides is 1. The monoisotopic (exact) mass is 214 g/mol. The summed E-state index contributed by atoms with van der Waals surface area (Å²) < 4.78 is 0. The molecule has 2 bridgehead atoms. The molecule has 0 N–H and O–H groups in total. The van der Waals surface area contributed by atoms with Crippen molar-refractivity contribution in [3.8, 4) is 0 Å². The minimum absolute atomic E-state index is 0.0241. The third-order valence-corrected chi connectivity index (χ3v) is 5.30. The summed E-state index contributed by atoms with van der Waals surface area (Å²) in [7, 11) is 0. The van der Waals surface area contributed by atoms with E-state index in [1.807, 2.05) is 0 Å². The lowest BCUT2D eigenvalue weighted by molar-refractivity contribution is -0.128. The number of Topliss-reactive ketones (excluding diaryl/α,β-unsaturated/α-hetero) is 1. The van der Waals surface area contributed by atoms with Crippen LogP contribution in [-0.4, -0.2) is 11.7 Å². The Morgan fingerprint density at radius 3 is 2.64 bits per heavy atom. The molecule has 80 valence electrons. The maximum atomic E-state index is 11.9. The van der Waals surface area contributed by atoms with Gasteiger partial charge < -0.3 is 0 Å². The van der Waals surface area contributed by atoms with Crippen LogP contribution in [0.25, 0.3) is 0 Å². The summed E-state index contributed by atoms with van der Waals surface area (Å²) in [5.74, 6) is 1.88. The van der Waals surface area contributed by atoms with Crippen LogP contribution in [0.3, 0.4) is 0 Å². The fourth-order valence-corrected chi connectivity index (χ4v) is 3.80. The molecule has 3 atom stereocenters. The summed E-state index contributed by atoms with van der Waals surface area (Å²) in [5.41, 5.74) is 0.225. The highest BCUT2D eigenvalue weighted by molar-refractivity contribution is 6.17. The maximum Gasteiger partial charge on any atom is 0.139 e. The molecule has 2 fully saturated rings. The molecule has 0 aromatic carbocycles. The predicted octanol–water partition coefficient (Wildman–Crippen LogP) is 3.40. The predicted molar refractivity (Wildman–Crippen MR) is 58.5 cm³/mol. The summed E-state index contributed by atoms with van der Waals surface area (Å²) in [5, 5.41) is 0. The first-order chi connectivity index (χ1) is 6.54. The molecule has 2 aliphatic carbocycles. The second-order valence-corrected chi connectivity index (χ2v) is 5.78. The zero-order chi connectivity index (χ0) is 10.4. The van der Waals surface area contributed by atoms with E-state index in [1.54, 1.807) is 0 Å². The summed E-state index contributed by atoms with van der Waals surface area (Å²) in [6, 6.07) is 0. The number of carbonyl (C=O) groups is 1. The van der Waals surface area contributed by atoms with Gasteiger partial charge in [-0.2, -0.15) is 0 Å². The van der Waals surface area contributed by atoms with E-state index in [0.29, 0.717) is 11.7 Å². The van der Waals surface area contributed by atoms with E-state index < -0.39 is 0 Å². The van der Waals surface area contributed by atoms with Gasteiger partial charge in [0.2, 0.25) is 0 Å². The number of carbonyl (C=O) groups excluding carboxylic acids is 1. The fraction of sp³-hybridized carbons (Fsp3) is 0.917. The van der Waals surface area contributed by atoms with Gasteiger partial charge in [-0.1, -0.05) is 13.8 Å². The zero-order valence-corrected chi connectivity index (χ0v) is 9.86. The minimum Gasteiger partial charge on any atom is -0.299 e. The minimum atomic E-state index is -0.0241.